The molecule has 0 aliphatic rings. The summed E-state index contributed by atoms with van der Waals surface area (Å²) in [6.45, 7) is 3.12. The van der Waals surface area contributed by atoms with Gasteiger partial charge in [0.15, 0.2) is 0 Å². The first-order chi connectivity index (χ1) is 8.31. The summed E-state index contributed by atoms with van der Waals surface area (Å²) in [5, 5.41) is 0. The van der Waals surface area contributed by atoms with Gasteiger partial charge >= 0.3 is 0 Å². The number of nitrogens with zero attached hydrogens (tertiary/aromatic N) is 2. The molecule has 0 saturated heterocycles. The molecule has 0 saturated carbocycles. The molecule has 2 rings (SSSR count). The van der Waals surface area contributed by atoms with Crippen molar-refractivity contribution in [1.82, 2.24) is 9.55 Å². The van der Waals surface area contributed by atoms with Crippen molar-refractivity contribution in [3.63, 3.8) is 0 Å². The molecule has 0 atom stereocenters. The molecule has 3 nitrogen and oxygen atoms in total. The predicted molar refractivity (Wildman–Crippen MR) is 70.8 cm³/mol. The normalized spacial score (nSPS) is 10.6. The van der Waals surface area contributed by atoms with Gasteiger partial charge in [-0.1, -0.05) is 25.1 Å². The van der Waals surface area contributed by atoms with Gasteiger partial charge in [0.1, 0.15) is 5.82 Å². The number of aryl methyl sites for hydroxylation is 3. The Kier molecular flexibility index (Phi) is 3.81. The van der Waals surface area contributed by atoms with Crippen molar-refractivity contribution in [3.05, 3.63) is 48.0 Å². The molecule has 0 radical (unpaired) electrons. The summed E-state index contributed by atoms with van der Waals surface area (Å²) >= 11 is 0. The fourth-order valence-electron chi connectivity index (χ4n) is 2.00. The number of anilines is 1. The van der Waals surface area contributed by atoms with Crippen molar-refractivity contribution in [2.75, 3.05) is 5.73 Å². The maximum atomic E-state index is 5.93. The number of rotatable bonds is 5. The molecule has 3 heteroatoms. The lowest BCUT2D eigenvalue weighted by atomic mass is 10.1. The molecular formula is C14H19N3. The van der Waals surface area contributed by atoms with Crippen LogP contribution in [-0.4, -0.2) is 9.55 Å². The minimum absolute atomic E-state index is 0.879. The average molecular weight is 229 g/mol. The fraction of sp³-hybridized carbons (Fsp3) is 0.357. The van der Waals surface area contributed by atoms with E-state index in [0.717, 1.165) is 31.5 Å². The number of para-hydroxylation sites is 1. The van der Waals surface area contributed by atoms with Gasteiger partial charge in [-0.15, -0.1) is 0 Å². The number of benzene rings is 1. The monoisotopic (exact) mass is 229 g/mol. The standard InChI is InChI=1S/C14H19N3/c1-2-5-14-16-9-11-17(14)10-8-12-6-3-4-7-13(12)15/h3-4,6-7,9,11H,2,5,8,10,15H2,1H3. The predicted octanol–water partition coefficient (Wildman–Crippen LogP) is 2.66. The van der Waals surface area contributed by atoms with Gasteiger partial charge in [-0.25, -0.2) is 4.98 Å². The molecule has 17 heavy (non-hydrogen) atoms. The first-order valence-electron chi connectivity index (χ1n) is 6.14. The molecule has 90 valence electrons. The van der Waals surface area contributed by atoms with E-state index in [9.17, 15) is 0 Å². The number of nitrogen functional groups attached to an aromatic ring is 1. The van der Waals surface area contributed by atoms with Gasteiger partial charge in [0.25, 0.3) is 0 Å². The van der Waals surface area contributed by atoms with Crippen LogP contribution in [0.25, 0.3) is 0 Å². The number of aromatic nitrogens is 2. The van der Waals surface area contributed by atoms with Crippen molar-refractivity contribution in [2.24, 2.45) is 0 Å². The van der Waals surface area contributed by atoms with E-state index in [4.69, 9.17) is 5.73 Å². The van der Waals surface area contributed by atoms with E-state index in [1.54, 1.807) is 0 Å². The van der Waals surface area contributed by atoms with Crippen molar-refractivity contribution in [1.29, 1.82) is 0 Å². The minimum atomic E-state index is 0.879. The summed E-state index contributed by atoms with van der Waals surface area (Å²) in [6, 6.07) is 8.05. The Labute approximate surface area is 102 Å². The summed E-state index contributed by atoms with van der Waals surface area (Å²) < 4.78 is 2.22. The van der Waals surface area contributed by atoms with E-state index >= 15 is 0 Å². The average Bonchev–Trinajstić information content (AvgIpc) is 2.76. The quantitative estimate of drug-likeness (QED) is 0.801. The largest absolute Gasteiger partial charge is 0.399 e. The lowest BCUT2D eigenvalue weighted by Crippen LogP contribution is -2.06. The number of nitrogens with two attached hydrogens (primary N) is 1. The second-order valence-corrected chi connectivity index (χ2v) is 4.24. The van der Waals surface area contributed by atoms with Crippen LogP contribution >= 0.6 is 0 Å². The Hall–Kier alpha value is -1.77. The van der Waals surface area contributed by atoms with Crippen molar-refractivity contribution in [3.8, 4) is 0 Å². The van der Waals surface area contributed by atoms with Gasteiger partial charge in [-0.3, -0.25) is 0 Å². The van der Waals surface area contributed by atoms with E-state index in [2.05, 4.69) is 22.5 Å². The van der Waals surface area contributed by atoms with Crippen molar-refractivity contribution >= 4 is 5.69 Å². The van der Waals surface area contributed by atoms with Crippen LogP contribution in [0.15, 0.2) is 36.7 Å². The van der Waals surface area contributed by atoms with Crippen LogP contribution in [-0.2, 0) is 19.4 Å². The van der Waals surface area contributed by atoms with Crippen molar-refractivity contribution in [2.45, 2.75) is 32.7 Å². The molecule has 0 fully saturated rings. The highest BCUT2D eigenvalue weighted by Gasteiger charge is 2.03. The van der Waals surface area contributed by atoms with Crippen LogP contribution in [0.1, 0.15) is 24.7 Å². The zero-order valence-corrected chi connectivity index (χ0v) is 10.3. The molecule has 0 aliphatic heterocycles. The lowest BCUT2D eigenvalue weighted by molar-refractivity contribution is 0.643. The molecule has 2 aromatic rings. The first kappa shape index (κ1) is 11.7. The topological polar surface area (TPSA) is 43.8 Å². The second-order valence-electron chi connectivity index (χ2n) is 4.24. The zero-order valence-electron chi connectivity index (χ0n) is 10.3. The fourth-order valence-corrected chi connectivity index (χ4v) is 2.00. The molecule has 0 amide bonds. The molecule has 2 N–H and O–H groups in total. The van der Waals surface area contributed by atoms with Crippen LogP contribution < -0.4 is 5.73 Å². The third-order valence-corrected chi connectivity index (χ3v) is 2.95. The summed E-state index contributed by atoms with van der Waals surface area (Å²) in [5.74, 6) is 1.17. The van der Waals surface area contributed by atoms with Gasteiger partial charge in [0, 0.05) is 31.0 Å². The Bertz CT molecular complexity index is 474. The van der Waals surface area contributed by atoms with Crippen LogP contribution in [0.4, 0.5) is 5.69 Å². The third-order valence-electron chi connectivity index (χ3n) is 2.95. The number of imidazole rings is 1. The van der Waals surface area contributed by atoms with Gasteiger partial charge < -0.3 is 10.3 Å². The van der Waals surface area contributed by atoms with Crippen LogP contribution in [0.2, 0.25) is 0 Å². The molecule has 0 spiro atoms. The van der Waals surface area contributed by atoms with Gasteiger partial charge in [-0.2, -0.15) is 0 Å². The Balaban J connectivity index is 2.02. The molecule has 1 aromatic heterocycles. The second kappa shape index (κ2) is 5.53. The maximum absolute atomic E-state index is 5.93. The SMILES string of the molecule is CCCc1nccn1CCc1ccccc1N. The molecular weight excluding hydrogens is 210 g/mol. The van der Waals surface area contributed by atoms with Crippen LogP contribution in [0.5, 0.6) is 0 Å². The van der Waals surface area contributed by atoms with Crippen LogP contribution in [0, 0.1) is 0 Å². The number of hydrogen-bond acceptors (Lipinski definition) is 2. The number of hydrogen-bond donors (Lipinski definition) is 1. The summed E-state index contributed by atoms with van der Waals surface area (Å²) in [7, 11) is 0. The Morgan fingerprint density at radius 2 is 2.06 bits per heavy atom. The Morgan fingerprint density at radius 1 is 1.24 bits per heavy atom. The highest BCUT2D eigenvalue weighted by molar-refractivity contribution is 5.46. The van der Waals surface area contributed by atoms with Gasteiger partial charge in [0.05, 0.1) is 0 Å². The van der Waals surface area contributed by atoms with E-state index in [1.807, 2.05) is 30.6 Å². The summed E-state index contributed by atoms with van der Waals surface area (Å²) in [6.07, 6.45) is 7.05. The van der Waals surface area contributed by atoms with Crippen molar-refractivity contribution < 1.29 is 0 Å². The zero-order chi connectivity index (χ0) is 12.1. The van der Waals surface area contributed by atoms with E-state index in [-0.39, 0.29) is 0 Å². The van der Waals surface area contributed by atoms with E-state index < -0.39 is 0 Å². The smallest absolute Gasteiger partial charge is 0.108 e. The summed E-state index contributed by atoms with van der Waals surface area (Å²) in [4.78, 5) is 4.37. The molecule has 0 bridgehead atoms. The van der Waals surface area contributed by atoms with Crippen LogP contribution in [0.3, 0.4) is 0 Å². The van der Waals surface area contributed by atoms with Gasteiger partial charge in [-0.05, 0) is 24.5 Å². The third kappa shape index (κ3) is 2.87. The summed E-state index contributed by atoms with van der Waals surface area (Å²) in [5.41, 5.74) is 8.02. The molecule has 1 aromatic carbocycles. The highest BCUT2D eigenvalue weighted by Crippen LogP contribution is 2.12. The maximum Gasteiger partial charge on any atom is 0.108 e. The molecule has 0 aliphatic carbocycles. The highest BCUT2D eigenvalue weighted by atomic mass is 15.1. The van der Waals surface area contributed by atoms with E-state index in [0.29, 0.717) is 0 Å². The van der Waals surface area contributed by atoms with E-state index in [1.165, 1.54) is 11.4 Å². The van der Waals surface area contributed by atoms with Gasteiger partial charge in [0.2, 0.25) is 0 Å². The first-order valence-corrected chi connectivity index (χ1v) is 6.14. The Morgan fingerprint density at radius 3 is 2.82 bits per heavy atom. The molecule has 1 heterocycles. The molecule has 0 unspecified atom stereocenters. The lowest BCUT2D eigenvalue weighted by Gasteiger charge is -2.08. The minimum Gasteiger partial charge on any atom is -0.399 e.